The van der Waals surface area contributed by atoms with Crippen molar-refractivity contribution >= 4 is 46.7 Å². The quantitative estimate of drug-likeness (QED) is 0.578. The summed E-state index contributed by atoms with van der Waals surface area (Å²) in [5.41, 5.74) is 0. The van der Waals surface area contributed by atoms with Crippen molar-refractivity contribution in [1.29, 1.82) is 0 Å². The molecule has 0 saturated carbocycles. The minimum Gasteiger partial charge on any atom is -0.465 e. The Morgan fingerprint density at radius 3 is 2.76 bits per heavy atom. The number of hydrogen-bond acceptors (Lipinski definition) is 5. The van der Waals surface area contributed by atoms with Gasteiger partial charge in [-0.25, -0.2) is 0 Å². The van der Waals surface area contributed by atoms with Gasteiger partial charge in [-0.2, -0.15) is 0 Å². The van der Waals surface area contributed by atoms with Crippen molar-refractivity contribution in [3.63, 3.8) is 0 Å². The van der Waals surface area contributed by atoms with E-state index < -0.39 is 21.8 Å². The number of morpholine rings is 1. The Hall–Kier alpha value is -0.230. The molecule has 0 aromatic carbocycles. The Kier molecular flexibility index (Phi) is 5.31. The fourth-order valence-electron chi connectivity index (χ4n) is 1.39. The average Bonchev–Trinajstić information content (AvgIpc) is 2.15. The van der Waals surface area contributed by atoms with E-state index in [0.29, 0.717) is 0 Å². The van der Waals surface area contributed by atoms with Crippen LogP contribution in [0.25, 0.3) is 0 Å². The van der Waals surface area contributed by atoms with E-state index in [4.69, 9.17) is 44.3 Å². The molecule has 1 saturated heterocycles. The molecule has 0 bridgehead atoms. The second-order valence-electron chi connectivity index (χ2n) is 3.49. The SMILES string of the molecule is CCOC(=O)CN1CC(=O)OC(C(Cl)(Cl)Cl)C1. The van der Waals surface area contributed by atoms with Crippen molar-refractivity contribution in [1.82, 2.24) is 4.90 Å². The predicted octanol–water partition coefficient (Wildman–Crippen LogP) is 1.15. The van der Waals surface area contributed by atoms with Crippen LogP contribution in [0, 0.1) is 0 Å². The Bertz CT molecular complexity index is 305. The van der Waals surface area contributed by atoms with Crippen LogP contribution in [-0.4, -0.2) is 53.0 Å². The summed E-state index contributed by atoms with van der Waals surface area (Å²) in [7, 11) is 0. The summed E-state index contributed by atoms with van der Waals surface area (Å²) in [6.07, 6.45) is -0.886. The summed E-state index contributed by atoms with van der Waals surface area (Å²) in [4.78, 5) is 24.1. The van der Waals surface area contributed by atoms with Crippen LogP contribution in [0.2, 0.25) is 0 Å². The third-order valence-electron chi connectivity index (χ3n) is 2.07. The number of rotatable bonds is 3. The standard InChI is InChI=1S/C9H12Cl3NO4/c1-2-16-7(14)4-13-3-6(9(10,11)12)17-8(15)5-13/h6H,2-5H2,1H3. The Morgan fingerprint density at radius 2 is 2.24 bits per heavy atom. The number of nitrogens with zero attached hydrogens (tertiary/aromatic N) is 1. The zero-order valence-corrected chi connectivity index (χ0v) is 11.4. The molecule has 0 amide bonds. The van der Waals surface area contributed by atoms with Crippen molar-refractivity contribution in [2.24, 2.45) is 0 Å². The molecule has 1 aliphatic rings. The van der Waals surface area contributed by atoms with Gasteiger partial charge in [-0.05, 0) is 6.92 Å². The molecule has 1 rings (SSSR count). The van der Waals surface area contributed by atoms with Gasteiger partial charge in [0.15, 0.2) is 6.10 Å². The van der Waals surface area contributed by atoms with E-state index >= 15 is 0 Å². The number of ether oxygens (including phenoxy) is 2. The summed E-state index contributed by atoms with van der Waals surface area (Å²) < 4.78 is 7.96. The Morgan fingerprint density at radius 1 is 1.59 bits per heavy atom. The first-order valence-corrected chi connectivity index (χ1v) is 6.10. The van der Waals surface area contributed by atoms with Gasteiger partial charge in [0.25, 0.3) is 0 Å². The monoisotopic (exact) mass is 303 g/mol. The molecule has 0 spiro atoms. The average molecular weight is 305 g/mol. The van der Waals surface area contributed by atoms with E-state index in [1.807, 2.05) is 0 Å². The topological polar surface area (TPSA) is 55.8 Å². The van der Waals surface area contributed by atoms with Gasteiger partial charge in [0.2, 0.25) is 3.79 Å². The van der Waals surface area contributed by atoms with Gasteiger partial charge < -0.3 is 9.47 Å². The van der Waals surface area contributed by atoms with Gasteiger partial charge in [-0.15, -0.1) is 0 Å². The van der Waals surface area contributed by atoms with Crippen molar-refractivity contribution < 1.29 is 19.1 Å². The number of cyclic esters (lactones) is 1. The minimum absolute atomic E-state index is 0.0178. The lowest BCUT2D eigenvalue weighted by molar-refractivity contribution is -0.160. The molecular weight excluding hydrogens is 292 g/mol. The molecule has 0 radical (unpaired) electrons. The summed E-state index contributed by atoms with van der Waals surface area (Å²) in [5.74, 6) is -0.956. The Labute approximate surface area is 114 Å². The van der Waals surface area contributed by atoms with Crippen molar-refractivity contribution in [2.75, 3.05) is 26.2 Å². The van der Waals surface area contributed by atoms with Gasteiger partial charge in [-0.3, -0.25) is 14.5 Å². The van der Waals surface area contributed by atoms with Gasteiger partial charge in [0.1, 0.15) is 0 Å². The maximum absolute atomic E-state index is 11.3. The first kappa shape index (κ1) is 14.8. The predicted molar refractivity (Wildman–Crippen MR) is 63.2 cm³/mol. The molecular formula is C9H12Cl3NO4. The second kappa shape index (κ2) is 6.09. The molecule has 0 aromatic heterocycles. The minimum atomic E-state index is -1.71. The number of alkyl halides is 3. The second-order valence-corrected chi connectivity index (χ2v) is 5.86. The molecule has 0 aliphatic carbocycles. The summed E-state index contributed by atoms with van der Waals surface area (Å²) in [6, 6.07) is 0. The molecule has 1 unspecified atom stereocenters. The lowest BCUT2D eigenvalue weighted by Crippen LogP contribution is -2.51. The molecule has 1 heterocycles. The van der Waals surface area contributed by atoms with Crippen LogP contribution in [0.15, 0.2) is 0 Å². The largest absolute Gasteiger partial charge is 0.465 e. The molecule has 0 aromatic rings. The highest BCUT2D eigenvalue weighted by atomic mass is 35.6. The molecule has 0 N–H and O–H groups in total. The molecule has 5 nitrogen and oxygen atoms in total. The van der Waals surface area contributed by atoms with Gasteiger partial charge in [0.05, 0.1) is 19.7 Å². The number of carbonyl (C=O) groups is 2. The maximum Gasteiger partial charge on any atom is 0.320 e. The lowest BCUT2D eigenvalue weighted by Gasteiger charge is -2.34. The smallest absolute Gasteiger partial charge is 0.320 e. The Balaban J connectivity index is 2.56. The molecule has 98 valence electrons. The third-order valence-corrected chi connectivity index (χ3v) is 2.80. The van der Waals surface area contributed by atoms with Crippen LogP contribution < -0.4 is 0 Å². The fraction of sp³-hybridized carbons (Fsp3) is 0.778. The van der Waals surface area contributed by atoms with Gasteiger partial charge >= 0.3 is 11.9 Å². The zero-order valence-electron chi connectivity index (χ0n) is 9.12. The van der Waals surface area contributed by atoms with Crippen LogP contribution >= 0.6 is 34.8 Å². The number of carbonyl (C=O) groups excluding carboxylic acids is 2. The molecule has 1 fully saturated rings. The summed E-state index contributed by atoms with van der Waals surface area (Å²) in [6.45, 7) is 2.12. The lowest BCUT2D eigenvalue weighted by atomic mass is 10.3. The highest BCUT2D eigenvalue weighted by Crippen LogP contribution is 2.34. The van der Waals surface area contributed by atoms with Crippen molar-refractivity contribution in [2.45, 2.75) is 16.8 Å². The van der Waals surface area contributed by atoms with Crippen molar-refractivity contribution in [3.8, 4) is 0 Å². The van der Waals surface area contributed by atoms with E-state index in [2.05, 4.69) is 0 Å². The van der Waals surface area contributed by atoms with Crippen LogP contribution in [0.1, 0.15) is 6.92 Å². The van der Waals surface area contributed by atoms with Crippen LogP contribution in [0.3, 0.4) is 0 Å². The number of halogens is 3. The van der Waals surface area contributed by atoms with E-state index in [1.165, 1.54) is 4.90 Å². The third kappa shape index (κ3) is 4.87. The fourth-order valence-corrected chi connectivity index (χ4v) is 1.74. The van der Waals surface area contributed by atoms with E-state index in [9.17, 15) is 9.59 Å². The first-order chi connectivity index (χ1) is 7.82. The molecule has 8 heteroatoms. The van der Waals surface area contributed by atoms with E-state index in [0.717, 1.165) is 0 Å². The van der Waals surface area contributed by atoms with Crippen LogP contribution in [0.5, 0.6) is 0 Å². The summed E-state index contributed by atoms with van der Waals surface area (Å²) >= 11 is 17.0. The van der Waals surface area contributed by atoms with E-state index in [1.54, 1.807) is 6.92 Å². The zero-order chi connectivity index (χ0) is 13.1. The van der Waals surface area contributed by atoms with Crippen molar-refractivity contribution in [3.05, 3.63) is 0 Å². The number of esters is 2. The summed E-state index contributed by atoms with van der Waals surface area (Å²) in [5, 5.41) is 0. The highest BCUT2D eigenvalue weighted by molar-refractivity contribution is 6.68. The molecule has 1 aliphatic heterocycles. The van der Waals surface area contributed by atoms with Gasteiger partial charge in [0, 0.05) is 6.54 Å². The highest BCUT2D eigenvalue weighted by Gasteiger charge is 2.41. The number of hydrogen-bond donors (Lipinski definition) is 0. The first-order valence-electron chi connectivity index (χ1n) is 4.97. The van der Waals surface area contributed by atoms with Gasteiger partial charge in [-0.1, -0.05) is 34.8 Å². The normalized spacial score (nSPS) is 22.1. The van der Waals surface area contributed by atoms with E-state index in [-0.39, 0.29) is 26.2 Å². The molecule has 1 atom stereocenters. The maximum atomic E-state index is 11.3. The molecule has 17 heavy (non-hydrogen) atoms. The van der Waals surface area contributed by atoms with Crippen LogP contribution in [0.4, 0.5) is 0 Å². The van der Waals surface area contributed by atoms with Crippen LogP contribution in [-0.2, 0) is 19.1 Å².